The maximum atomic E-state index is 12.1. The van der Waals surface area contributed by atoms with E-state index >= 15 is 0 Å². The molecule has 0 radical (unpaired) electrons. The molecule has 1 amide bonds. The average molecular weight is 397 g/mol. The Morgan fingerprint density at radius 2 is 1.96 bits per heavy atom. The third-order valence-electron chi connectivity index (χ3n) is 4.06. The number of methoxy groups -OCH3 is 1. The van der Waals surface area contributed by atoms with Gasteiger partial charge in [-0.3, -0.25) is 9.36 Å². The van der Waals surface area contributed by atoms with Crippen molar-refractivity contribution < 1.29 is 9.53 Å². The largest absolute Gasteiger partial charge is 0.383 e. The Hall–Kier alpha value is -1.57. The van der Waals surface area contributed by atoms with Crippen molar-refractivity contribution in [2.45, 2.75) is 38.5 Å². The molecule has 8 heteroatoms. The Labute approximate surface area is 163 Å². The molecule has 2 rings (SSSR count). The van der Waals surface area contributed by atoms with Crippen LogP contribution in [0.15, 0.2) is 29.4 Å². The van der Waals surface area contributed by atoms with E-state index in [2.05, 4.69) is 29.4 Å². The maximum absolute atomic E-state index is 12.1. The fourth-order valence-corrected chi connectivity index (χ4v) is 3.09. The lowest BCUT2D eigenvalue weighted by atomic mass is 10.1. The maximum Gasteiger partial charge on any atom is 0.230 e. The van der Waals surface area contributed by atoms with E-state index in [0.717, 1.165) is 11.4 Å². The van der Waals surface area contributed by atoms with Gasteiger partial charge in [-0.05, 0) is 37.1 Å². The summed E-state index contributed by atoms with van der Waals surface area (Å²) in [6.45, 7) is 7.30. The van der Waals surface area contributed by atoms with E-state index < -0.39 is 0 Å². The number of rotatable bonds is 9. The monoisotopic (exact) mass is 396 g/mol. The zero-order valence-electron chi connectivity index (χ0n) is 15.5. The zero-order chi connectivity index (χ0) is 19.1. The highest BCUT2D eigenvalue weighted by atomic mass is 35.5. The van der Waals surface area contributed by atoms with Crippen molar-refractivity contribution in [3.63, 3.8) is 0 Å². The number of hydrogen-bond acceptors (Lipinski definition) is 5. The van der Waals surface area contributed by atoms with Crippen molar-refractivity contribution in [1.29, 1.82) is 0 Å². The van der Waals surface area contributed by atoms with E-state index in [4.69, 9.17) is 16.3 Å². The van der Waals surface area contributed by atoms with Crippen molar-refractivity contribution in [3.05, 3.63) is 29.3 Å². The predicted molar refractivity (Wildman–Crippen MR) is 106 cm³/mol. The van der Waals surface area contributed by atoms with Gasteiger partial charge in [-0.15, -0.1) is 10.2 Å². The zero-order valence-corrected chi connectivity index (χ0v) is 17.1. The minimum atomic E-state index is -0.00876. The highest BCUT2D eigenvalue weighted by molar-refractivity contribution is 7.99. The summed E-state index contributed by atoms with van der Waals surface area (Å²) in [4.78, 5) is 12.1. The quantitative estimate of drug-likeness (QED) is 0.657. The summed E-state index contributed by atoms with van der Waals surface area (Å²) in [7, 11) is 1.65. The van der Waals surface area contributed by atoms with Crippen LogP contribution in [0.1, 0.15) is 20.8 Å². The second kappa shape index (κ2) is 9.94. The normalized spacial score (nSPS) is 12.4. The molecule has 1 aromatic heterocycles. The number of ether oxygens (including phenoxy) is 1. The summed E-state index contributed by atoms with van der Waals surface area (Å²) >= 11 is 7.34. The van der Waals surface area contributed by atoms with Crippen LogP contribution in [-0.4, -0.2) is 46.2 Å². The van der Waals surface area contributed by atoms with Gasteiger partial charge in [0.1, 0.15) is 0 Å². The summed E-state index contributed by atoms with van der Waals surface area (Å²) < 4.78 is 7.17. The average Bonchev–Trinajstić information content (AvgIpc) is 3.01. The molecule has 1 heterocycles. The van der Waals surface area contributed by atoms with E-state index in [1.54, 1.807) is 7.11 Å². The number of amides is 1. The van der Waals surface area contributed by atoms with Gasteiger partial charge in [0, 0.05) is 23.7 Å². The molecule has 1 N–H and O–H groups in total. The van der Waals surface area contributed by atoms with Crippen LogP contribution in [0, 0.1) is 5.92 Å². The van der Waals surface area contributed by atoms with Crippen LogP contribution in [0.4, 0.5) is 0 Å². The highest BCUT2D eigenvalue weighted by Crippen LogP contribution is 2.25. The van der Waals surface area contributed by atoms with Crippen LogP contribution < -0.4 is 5.32 Å². The number of aromatic nitrogens is 3. The number of halogens is 1. The molecule has 0 spiro atoms. The van der Waals surface area contributed by atoms with Gasteiger partial charge in [-0.25, -0.2) is 0 Å². The summed E-state index contributed by atoms with van der Waals surface area (Å²) in [5.74, 6) is 1.41. The van der Waals surface area contributed by atoms with Crippen LogP contribution >= 0.6 is 23.4 Å². The molecule has 0 aliphatic heterocycles. The number of nitrogens with zero attached hydrogens (tertiary/aromatic N) is 3. The van der Waals surface area contributed by atoms with Gasteiger partial charge in [0.2, 0.25) is 5.91 Å². The molecule has 0 saturated carbocycles. The first-order valence-corrected chi connectivity index (χ1v) is 9.89. The summed E-state index contributed by atoms with van der Waals surface area (Å²) in [6.07, 6.45) is 0. The molecule has 0 fully saturated rings. The van der Waals surface area contributed by atoms with Crippen LogP contribution in [0.2, 0.25) is 5.02 Å². The lowest BCUT2D eigenvalue weighted by Gasteiger charge is -2.17. The summed E-state index contributed by atoms with van der Waals surface area (Å²) in [5, 5.41) is 12.9. The minimum Gasteiger partial charge on any atom is -0.383 e. The number of carbonyl (C=O) groups excluding carboxylic acids is 1. The third-order valence-corrected chi connectivity index (χ3v) is 5.28. The van der Waals surface area contributed by atoms with Crippen molar-refractivity contribution >= 4 is 29.3 Å². The smallest absolute Gasteiger partial charge is 0.230 e. The molecule has 1 atom stereocenters. The second-order valence-corrected chi connectivity index (χ2v) is 7.73. The molecule has 26 heavy (non-hydrogen) atoms. The van der Waals surface area contributed by atoms with Crippen LogP contribution in [0.25, 0.3) is 11.4 Å². The topological polar surface area (TPSA) is 69.0 Å². The van der Waals surface area contributed by atoms with Crippen molar-refractivity contribution in [1.82, 2.24) is 20.1 Å². The Balaban J connectivity index is 2.12. The lowest BCUT2D eigenvalue weighted by Crippen LogP contribution is -2.37. The van der Waals surface area contributed by atoms with E-state index in [-0.39, 0.29) is 11.9 Å². The third kappa shape index (κ3) is 5.72. The summed E-state index contributed by atoms with van der Waals surface area (Å²) in [6, 6.07) is 7.58. The van der Waals surface area contributed by atoms with Crippen LogP contribution in [0.3, 0.4) is 0 Å². The molecule has 142 valence electrons. The van der Waals surface area contributed by atoms with Crippen molar-refractivity contribution in [2.75, 3.05) is 19.5 Å². The van der Waals surface area contributed by atoms with Gasteiger partial charge >= 0.3 is 0 Å². The molecular weight excluding hydrogens is 372 g/mol. The summed E-state index contributed by atoms with van der Waals surface area (Å²) in [5.41, 5.74) is 0.919. The van der Waals surface area contributed by atoms with E-state index in [9.17, 15) is 4.79 Å². The Kier molecular flexibility index (Phi) is 7.93. The molecule has 1 aromatic carbocycles. The van der Waals surface area contributed by atoms with Gasteiger partial charge in [-0.1, -0.05) is 37.2 Å². The van der Waals surface area contributed by atoms with Gasteiger partial charge in [-0.2, -0.15) is 0 Å². The molecule has 0 bridgehead atoms. The van der Waals surface area contributed by atoms with Gasteiger partial charge in [0.05, 0.1) is 18.9 Å². The fourth-order valence-electron chi connectivity index (χ4n) is 2.18. The highest BCUT2D eigenvalue weighted by Gasteiger charge is 2.17. The van der Waals surface area contributed by atoms with E-state index in [0.29, 0.717) is 35.0 Å². The molecule has 1 unspecified atom stereocenters. The predicted octanol–water partition coefficient (Wildman–Crippen LogP) is 3.50. The van der Waals surface area contributed by atoms with Crippen LogP contribution in [-0.2, 0) is 16.1 Å². The Bertz CT molecular complexity index is 718. The van der Waals surface area contributed by atoms with Gasteiger partial charge in [0.15, 0.2) is 11.0 Å². The van der Waals surface area contributed by atoms with E-state index in [1.807, 2.05) is 35.8 Å². The number of carbonyl (C=O) groups is 1. The first-order chi connectivity index (χ1) is 12.4. The second-order valence-electron chi connectivity index (χ2n) is 6.35. The van der Waals surface area contributed by atoms with Gasteiger partial charge in [0.25, 0.3) is 0 Å². The Morgan fingerprint density at radius 3 is 2.58 bits per heavy atom. The molecule has 0 aliphatic rings. The van der Waals surface area contributed by atoms with E-state index in [1.165, 1.54) is 11.8 Å². The fraction of sp³-hybridized carbons (Fsp3) is 0.500. The Morgan fingerprint density at radius 1 is 1.27 bits per heavy atom. The molecule has 2 aromatic rings. The standard InChI is InChI=1S/C18H25ClN4O2S/c1-12(2)13(3)20-16(24)11-26-18-22-21-17(23(18)9-10-25-4)14-5-7-15(19)8-6-14/h5-8,12-13H,9-11H2,1-4H3,(H,20,24). The lowest BCUT2D eigenvalue weighted by molar-refractivity contribution is -0.119. The molecule has 0 saturated heterocycles. The van der Waals surface area contributed by atoms with Crippen molar-refractivity contribution in [3.8, 4) is 11.4 Å². The number of hydrogen-bond donors (Lipinski definition) is 1. The first kappa shape index (κ1) is 20.7. The molecule has 0 aliphatic carbocycles. The molecule has 6 nitrogen and oxygen atoms in total. The number of thioether (sulfide) groups is 1. The van der Waals surface area contributed by atoms with Crippen LogP contribution in [0.5, 0.6) is 0 Å². The SMILES string of the molecule is COCCn1c(SCC(=O)NC(C)C(C)C)nnc1-c1ccc(Cl)cc1. The van der Waals surface area contributed by atoms with Crippen molar-refractivity contribution in [2.24, 2.45) is 5.92 Å². The molecular formula is C18H25ClN4O2S. The minimum absolute atomic E-state index is 0.00876. The first-order valence-electron chi connectivity index (χ1n) is 8.52. The van der Waals surface area contributed by atoms with Gasteiger partial charge < -0.3 is 10.1 Å². The number of nitrogens with one attached hydrogen (secondary N) is 1. The number of benzene rings is 1.